The van der Waals surface area contributed by atoms with E-state index in [1.807, 2.05) is 12.3 Å². The molecule has 1 aliphatic heterocycles. The Morgan fingerprint density at radius 1 is 1.47 bits per heavy atom. The largest absolute Gasteiger partial charge is 0.286 e. The van der Waals surface area contributed by atoms with Gasteiger partial charge in [-0.05, 0) is 30.5 Å². The molecule has 0 saturated heterocycles. The molecule has 2 rings (SSSR count). The second kappa shape index (κ2) is 3.76. The van der Waals surface area contributed by atoms with Gasteiger partial charge in [-0.15, -0.1) is 0 Å². The molecule has 0 fully saturated rings. The van der Waals surface area contributed by atoms with Gasteiger partial charge in [0.1, 0.15) is 5.82 Å². The van der Waals surface area contributed by atoms with Crippen LogP contribution in [0.1, 0.15) is 37.8 Å². The maximum atomic E-state index is 13.6. The summed E-state index contributed by atoms with van der Waals surface area (Å²) in [5.41, 5.74) is 1.65. The monoisotopic (exact) mass is 205 g/mol. The third-order valence-electron chi connectivity index (χ3n) is 3.02. The van der Waals surface area contributed by atoms with Gasteiger partial charge in [0.2, 0.25) is 0 Å². The highest BCUT2D eigenvalue weighted by Gasteiger charge is 2.27. The Morgan fingerprint density at radius 2 is 2.27 bits per heavy atom. The molecule has 80 valence electrons. The van der Waals surface area contributed by atoms with Crippen LogP contribution in [0.15, 0.2) is 23.2 Å². The molecule has 1 aliphatic rings. The number of fused-ring (bicyclic) bond motifs is 1. The summed E-state index contributed by atoms with van der Waals surface area (Å²) in [5.74, 6) is -0.0963. The first-order valence-corrected chi connectivity index (χ1v) is 5.47. The van der Waals surface area contributed by atoms with Crippen molar-refractivity contribution in [3.05, 3.63) is 35.1 Å². The number of hydrogen-bond acceptors (Lipinski definition) is 1. The minimum atomic E-state index is -0.107. The standard InChI is InChI=1S/C13H16FN/c1-3-7-13(2)8-11-10(9-15-13)5-4-6-12(11)14/h4-6,9H,3,7-8H2,1-2H3. The molecule has 1 nitrogen and oxygen atoms in total. The molecule has 0 saturated carbocycles. The Hall–Kier alpha value is -1.18. The van der Waals surface area contributed by atoms with Crippen molar-refractivity contribution in [1.82, 2.24) is 0 Å². The lowest BCUT2D eigenvalue weighted by Crippen LogP contribution is -2.29. The summed E-state index contributed by atoms with van der Waals surface area (Å²) in [6, 6.07) is 5.19. The molecule has 0 aliphatic carbocycles. The summed E-state index contributed by atoms with van der Waals surface area (Å²) in [7, 11) is 0. The zero-order chi connectivity index (χ0) is 10.9. The lowest BCUT2D eigenvalue weighted by molar-refractivity contribution is 0.416. The van der Waals surface area contributed by atoms with Crippen molar-refractivity contribution in [2.45, 2.75) is 38.6 Å². The van der Waals surface area contributed by atoms with Gasteiger partial charge in [-0.1, -0.05) is 25.5 Å². The van der Waals surface area contributed by atoms with E-state index in [1.165, 1.54) is 6.07 Å². The van der Waals surface area contributed by atoms with E-state index in [1.54, 1.807) is 6.07 Å². The molecule has 15 heavy (non-hydrogen) atoms. The average molecular weight is 205 g/mol. The molecule has 1 aromatic carbocycles. The smallest absolute Gasteiger partial charge is 0.127 e. The molecule has 1 heterocycles. The van der Waals surface area contributed by atoms with Crippen LogP contribution in [0.4, 0.5) is 4.39 Å². The molecule has 1 unspecified atom stereocenters. The van der Waals surface area contributed by atoms with Gasteiger partial charge < -0.3 is 0 Å². The maximum absolute atomic E-state index is 13.6. The van der Waals surface area contributed by atoms with E-state index < -0.39 is 0 Å². The first-order valence-electron chi connectivity index (χ1n) is 5.47. The SMILES string of the molecule is CCCC1(C)Cc2c(F)cccc2C=N1. The van der Waals surface area contributed by atoms with Crippen molar-refractivity contribution in [2.75, 3.05) is 0 Å². The summed E-state index contributed by atoms with van der Waals surface area (Å²) < 4.78 is 13.6. The van der Waals surface area contributed by atoms with Crippen molar-refractivity contribution in [3.63, 3.8) is 0 Å². The fourth-order valence-electron chi connectivity index (χ4n) is 2.23. The lowest BCUT2D eigenvalue weighted by atomic mass is 9.85. The third kappa shape index (κ3) is 1.94. The van der Waals surface area contributed by atoms with Gasteiger partial charge in [0, 0.05) is 12.6 Å². The quantitative estimate of drug-likeness (QED) is 0.702. The van der Waals surface area contributed by atoms with Crippen LogP contribution >= 0.6 is 0 Å². The van der Waals surface area contributed by atoms with Crippen LogP contribution in [0, 0.1) is 5.82 Å². The Bertz CT molecular complexity index is 398. The minimum absolute atomic E-state index is 0.0963. The van der Waals surface area contributed by atoms with Gasteiger partial charge in [-0.3, -0.25) is 4.99 Å². The lowest BCUT2D eigenvalue weighted by Gasteiger charge is -2.29. The van der Waals surface area contributed by atoms with Crippen LogP contribution in [0.3, 0.4) is 0 Å². The molecular weight excluding hydrogens is 189 g/mol. The van der Waals surface area contributed by atoms with Crippen LogP contribution in [-0.4, -0.2) is 11.8 Å². The highest BCUT2D eigenvalue weighted by Crippen LogP contribution is 2.29. The van der Waals surface area contributed by atoms with E-state index in [9.17, 15) is 4.39 Å². The fraction of sp³-hybridized carbons (Fsp3) is 0.462. The van der Waals surface area contributed by atoms with Gasteiger partial charge in [-0.25, -0.2) is 4.39 Å². The predicted molar refractivity (Wildman–Crippen MR) is 61.0 cm³/mol. The van der Waals surface area contributed by atoms with E-state index in [2.05, 4.69) is 18.8 Å². The Balaban J connectivity index is 2.37. The van der Waals surface area contributed by atoms with Crippen molar-refractivity contribution < 1.29 is 4.39 Å². The third-order valence-corrected chi connectivity index (χ3v) is 3.02. The molecule has 0 aromatic heterocycles. The summed E-state index contributed by atoms with van der Waals surface area (Å²) in [6.45, 7) is 4.24. The Labute approximate surface area is 90.0 Å². The number of nitrogens with zero attached hydrogens (tertiary/aromatic N) is 1. The van der Waals surface area contributed by atoms with Gasteiger partial charge in [0.05, 0.1) is 5.54 Å². The number of aliphatic imine (C=N–C) groups is 1. The first kappa shape index (κ1) is 10.3. The number of rotatable bonds is 2. The van der Waals surface area contributed by atoms with E-state index in [-0.39, 0.29) is 11.4 Å². The molecule has 1 atom stereocenters. The van der Waals surface area contributed by atoms with Gasteiger partial charge in [0.25, 0.3) is 0 Å². The fourth-order valence-corrected chi connectivity index (χ4v) is 2.23. The van der Waals surface area contributed by atoms with Gasteiger partial charge in [-0.2, -0.15) is 0 Å². The molecule has 0 spiro atoms. The van der Waals surface area contributed by atoms with Gasteiger partial charge >= 0.3 is 0 Å². The van der Waals surface area contributed by atoms with Crippen molar-refractivity contribution in [1.29, 1.82) is 0 Å². The van der Waals surface area contributed by atoms with Crippen LogP contribution < -0.4 is 0 Å². The Kier molecular flexibility index (Phi) is 2.59. The highest BCUT2D eigenvalue weighted by molar-refractivity contribution is 5.83. The molecule has 2 heteroatoms. The molecule has 1 aromatic rings. The summed E-state index contributed by atoms with van der Waals surface area (Å²) in [5, 5.41) is 0. The number of hydrogen-bond donors (Lipinski definition) is 0. The maximum Gasteiger partial charge on any atom is 0.127 e. The minimum Gasteiger partial charge on any atom is -0.286 e. The summed E-state index contributed by atoms with van der Waals surface area (Å²) in [4.78, 5) is 4.54. The summed E-state index contributed by atoms with van der Waals surface area (Å²) in [6.07, 6.45) is 4.63. The highest BCUT2D eigenvalue weighted by atomic mass is 19.1. The number of benzene rings is 1. The van der Waals surface area contributed by atoms with Crippen LogP contribution in [0.5, 0.6) is 0 Å². The molecule has 0 bridgehead atoms. The van der Waals surface area contributed by atoms with Crippen molar-refractivity contribution in [2.24, 2.45) is 4.99 Å². The number of halogens is 1. The van der Waals surface area contributed by atoms with Crippen LogP contribution in [0.2, 0.25) is 0 Å². The van der Waals surface area contributed by atoms with E-state index in [0.717, 1.165) is 30.4 Å². The first-order chi connectivity index (χ1) is 7.14. The normalized spacial score (nSPS) is 23.9. The zero-order valence-electron chi connectivity index (χ0n) is 9.26. The van der Waals surface area contributed by atoms with Crippen molar-refractivity contribution >= 4 is 6.21 Å². The topological polar surface area (TPSA) is 12.4 Å². The van der Waals surface area contributed by atoms with E-state index >= 15 is 0 Å². The van der Waals surface area contributed by atoms with Gasteiger partial charge in [0.15, 0.2) is 0 Å². The second-order valence-electron chi connectivity index (χ2n) is 4.49. The van der Waals surface area contributed by atoms with Crippen LogP contribution in [0.25, 0.3) is 0 Å². The molecule has 0 radical (unpaired) electrons. The molecule has 0 amide bonds. The zero-order valence-corrected chi connectivity index (χ0v) is 9.26. The second-order valence-corrected chi connectivity index (χ2v) is 4.49. The summed E-state index contributed by atoms with van der Waals surface area (Å²) >= 11 is 0. The van der Waals surface area contributed by atoms with Crippen molar-refractivity contribution in [3.8, 4) is 0 Å². The van der Waals surface area contributed by atoms with Crippen LogP contribution in [-0.2, 0) is 6.42 Å². The molecular formula is C13H16FN. The van der Waals surface area contributed by atoms with E-state index in [0.29, 0.717) is 0 Å². The molecule has 0 N–H and O–H groups in total. The predicted octanol–water partition coefficient (Wildman–Crippen LogP) is 3.36. The Morgan fingerprint density at radius 3 is 3.00 bits per heavy atom. The van der Waals surface area contributed by atoms with E-state index in [4.69, 9.17) is 0 Å². The average Bonchev–Trinajstić information content (AvgIpc) is 2.20.